The molecule has 1 aromatic rings. The van der Waals surface area contributed by atoms with Crippen molar-refractivity contribution in [3.63, 3.8) is 0 Å². The van der Waals surface area contributed by atoms with Crippen molar-refractivity contribution in [2.24, 2.45) is 5.92 Å². The summed E-state index contributed by atoms with van der Waals surface area (Å²) in [6, 6.07) is -0.157. The van der Waals surface area contributed by atoms with Crippen molar-refractivity contribution < 1.29 is 14.1 Å². The molecule has 1 fully saturated rings. The monoisotopic (exact) mass is 296 g/mol. The average Bonchev–Trinajstić information content (AvgIpc) is 2.86. The lowest BCUT2D eigenvalue weighted by atomic mass is 10.1. The number of methoxy groups -OCH3 is 1. The molecule has 0 radical (unpaired) electrons. The van der Waals surface area contributed by atoms with Gasteiger partial charge < -0.3 is 14.2 Å². The Balaban J connectivity index is 1.94. The standard InChI is InChI=1S/C14H24N4O3/c1-10(2)7-18-6-5-17(11(3)14(18)19)8-13-15-12(9-20-4)16-21-13/h10-11H,5-9H2,1-4H3/t11-/m1/s1. The fourth-order valence-corrected chi connectivity index (χ4v) is 2.53. The molecule has 21 heavy (non-hydrogen) atoms. The zero-order valence-corrected chi connectivity index (χ0v) is 13.2. The molecule has 1 atom stereocenters. The Bertz CT molecular complexity index is 475. The highest BCUT2D eigenvalue weighted by molar-refractivity contribution is 5.82. The minimum absolute atomic E-state index is 0.157. The molecule has 1 amide bonds. The lowest BCUT2D eigenvalue weighted by Crippen LogP contribution is -2.56. The SMILES string of the molecule is COCc1noc(CN2CCN(CC(C)C)C(=O)[C@H]2C)n1. The van der Waals surface area contributed by atoms with Crippen molar-refractivity contribution in [3.05, 3.63) is 11.7 Å². The van der Waals surface area contributed by atoms with E-state index in [2.05, 4.69) is 28.9 Å². The molecule has 0 aromatic carbocycles. The van der Waals surface area contributed by atoms with Crippen molar-refractivity contribution in [2.75, 3.05) is 26.7 Å². The van der Waals surface area contributed by atoms with Crippen LogP contribution in [0.1, 0.15) is 32.5 Å². The number of rotatable bonds is 6. The molecule has 118 valence electrons. The van der Waals surface area contributed by atoms with E-state index in [-0.39, 0.29) is 11.9 Å². The van der Waals surface area contributed by atoms with E-state index in [1.54, 1.807) is 7.11 Å². The van der Waals surface area contributed by atoms with Gasteiger partial charge in [0.2, 0.25) is 11.8 Å². The topological polar surface area (TPSA) is 71.7 Å². The molecule has 0 saturated carbocycles. The van der Waals surface area contributed by atoms with Gasteiger partial charge in [-0.05, 0) is 12.8 Å². The van der Waals surface area contributed by atoms with Crippen molar-refractivity contribution >= 4 is 5.91 Å². The molecule has 7 heteroatoms. The number of aromatic nitrogens is 2. The molecule has 0 bridgehead atoms. The Labute approximate surface area is 125 Å². The Kier molecular flexibility index (Phi) is 5.30. The maximum atomic E-state index is 12.4. The molecule has 0 spiro atoms. The first-order chi connectivity index (χ1) is 10.0. The summed E-state index contributed by atoms with van der Waals surface area (Å²) >= 11 is 0. The highest BCUT2D eigenvalue weighted by Gasteiger charge is 2.32. The second-order valence-corrected chi connectivity index (χ2v) is 5.86. The van der Waals surface area contributed by atoms with E-state index in [9.17, 15) is 4.79 Å². The largest absolute Gasteiger partial charge is 0.377 e. The van der Waals surface area contributed by atoms with Gasteiger partial charge in [-0.3, -0.25) is 9.69 Å². The highest BCUT2D eigenvalue weighted by atomic mass is 16.5. The number of carbonyl (C=O) groups is 1. The second-order valence-electron chi connectivity index (χ2n) is 5.86. The smallest absolute Gasteiger partial charge is 0.240 e. The van der Waals surface area contributed by atoms with Gasteiger partial charge in [-0.25, -0.2) is 0 Å². The van der Waals surface area contributed by atoms with Gasteiger partial charge in [0.1, 0.15) is 6.61 Å². The maximum Gasteiger partial charge on any atom is 0.240 e. The number of nitrogens with zero attached hydrogens (tertiary/aromatic N) is 4. The van der Waals surface area contributed by atoms with Gasteiger partial charge in [0, 0.05) is 26.7 Å². The quantitative estimate of drug-likeness (QED) is 0.777. The summed E-state index contributed by atoms with van der Waals surface area (Å²) in [6.45, 7) is 9.40. The van der Waals surface area contributed by atoms with Crippen molar-refractivity contribution in [1.29, 1.82) is 0 Å². The normalized spacial score (nSPS) is 20.5. The van der Waals surface area contributed by atoms with E-state index >= 15 is 0 Å². The molecule has 0 aliphatic carbocycles. The minimum Gasteiger partial charge on any atom is -0.377 e. The van der Waals surface area contributed by atoms with Crippen molar-refractivity contribution in [1.82, 2.24) is 19.9 Å². The van der Waals surface area contributed by atoms with Crippen molar-refractivity contribution in [2.45, 2.75) is 40.0 Å². The van der Waals surface area contributed by atoms with Gasteiger partial charge in [-0.15, -0.1) is 0 Å². The molecule has 2 heterocycles. The maximum absolute atomic E-state index is 12.4. The lowest BCUT2D eigenvalue weighted by molar-refractivity contribution is -0.142. The number of hydrogen-bond acceptors (Lipinski definition) is 6. The van der Waals surface area contributed by atoms with Crippen LogP contribution < -0.4 is 0 Å². The molecule has 1 aliphatic rings. The summed E-state index contributed by atoms with van der Waals surface area (Å²) in [5, 5.41) is 3.84. The average molecular weight is 296 g/mol. The molecule has 1 saturated heterocycles. The van der Waals surface area contributed by atoms with E-state index in [4.69, 9.17) is 9.26 Å². The Hall–Kier alpha value is -1.47. The van der Waals surface area contributed by atoms with Crippen LogP contribution in [0.15, 0.2) is 4.52 Å². The minimum atomic E-state index is -0.157. The van der Waals surface area contributed by atoms with Crippen LogP contribution in [0.5, 0.6) is 0 Å². The van der Waals surface area contributed by atoms with Crippen LogP contribution in [0.2, 0.25) is 0 Å². The molecule has 7 nitrogen and oxygen atoms in total. The predicted molar refractivity (Wildman–Crippen MR) is 76.3 cm³/mol. The van der Waals surface area contributed by atoms with E-state index in [1.807, 2.05) is 11.8 Å². The summed E-state index contributed by atoms with van der Waals surface area (Å²) in [5.74, 6) is 1.72. The van der Waals surface area contributed by atoms with E-state index in [0.717, 1.165) is 19.6 Å². The molecule has 1 aromatic heterocycles. The number of carbonyl (C=O) groups excluding carboxylic acids is 1. The fourth-order valence-electron chi connectivity index (χ4n) is 2.53. The molecule has 1 aliphatic heterocycles. The third-order valence-electron chi connectivity index (χ3n) is 3.58. The number of piperazine rings is 1. The summed E-state index contributed by atoms with van der Waals surface area (Å²) in [7, 11) is 1.59. The van der Waals surface area contributed by atoms with Crippen LogP contribution in [0.4, 0.5) is 0 Å². The second kappa shape index (κ2) is 7.00. The van der Waals surface area contributed by atoms with Crippen LogP contribution >= 0.6 is 0 Å². The van der Waals surface area contributed by atoms with E-state index in [0.29, 0.717) is 30.8 Å². The first-order valence-electron chi connectivity index (χ1n) is 7.34. The molecule has 2 rings (SSSR count). The van der Waals surface area contributed by atoms with E-state index in [1.165, 1.54) is 0 Å². The highest BCUT2D eigenvalue weighted by Crippen LogP contribution is 2.15. The lowest BCUT2D eigenvalue weighted by Gasteiger charge is -2.39. The van der Waals surface area contributed by atoms with Gasteiger partial charge in [-0.1, -0.05) is 19.0 Å². The molecular formula is C14H24N4O3. The third-order valence-corrected chi connectivity index (χ3v) is 3.58. The Morgan fingerprint density at radius 2 is 2.19 bits per heavy atom. The number of hydrogen-bond donors (Lipinski definition) is 0. The third kappa shape index (κ3) is 4.01. The van der Waals surface area contributed by atoms with Crippen LogP contribution in [0, 0.1) is 5.92 Å². The van der Waals surface area contributed by atoms with Gasteiger partial charge in [0.15, 0.2) is 5.82 Å². The zero-order chi connectivity index (χ0) is 15.4. The molecular weight excluding hydrogens is 272 g/mol. The number of ether oxygens (including phenoxy) is 1. The first-order valence-corrected chi connectivity index (χ1v) is 7.34. The predicted octanol–water partition coefficient (Wildman–Crippen LogP) is 0.905. The summed E-state index contributed by atoms with van der Waals surface area (Å²) in [4.78, 5) is 20.6. The Morgan fingerprint density at radius 1 is 1.43 bits per heavy atom. The van der Waals surface area contributed by atoms with Gasteiger partial charge in [-0.2, -0.15) is 4.98 Å². The molecule has 0 N–H and O–H groups in total. The summed E-state index contributed by atoms with van der Waals surface area (Å²) in [6.07, 6.45) is 0. The Morgan fingerprint density at radius 3 is 2.86 bits per heavy atom. The van der Waals surface area contributed by atoms with Gasteiger partial charge in [0.25, 0.3) is 0 Å². The van der Waals surface area contributed by atoms with Crippen LogP contribution in [0.3, 0.4) is 0 Å². The zero-order valence-electron chi connectivity index (χ0n) is 13.2. The molecule has 0 unspecified atom stereocenters. The van der Waals surface area contributed by atoms with Crippen LogP contribution in [-0.2, 0) is 22.7 Å². The number of amides is 1. The van der Waals surface area contributed by atoms with Crippen LogP contribution in [0.25, 0.3) is 0 Å². The summed E-state index contributed by atoms with van der Waals surface area (Å²) < 4.78 is 10.1. The van der Waals surface area contributed by atoms with Gasteiger partial charge >= 0.3 is 0 Å². The van der Waals surface area contributed by atoms with Gasteiger partial charge in [0.05, 0.1) is 12.6 Å². The van der Waals surface area contributed by atoms with E-state index < -0.39 is 0 Å². The first kappa shape index (κ1) is 15.9. The van der Waals surface area contributed by atoms with Crippen molar-refractivity contribution in [3.8, 4) is 0 Å². The van der Waals surface area contributed by atoms with Crippen LogP contribution in [-0.4, -0.2) is 58.6 Å². The summed E-state index contributed by atoms with van der Waals surface area (Å²) in [5.41, 5.74) is 0. The fraction of sp³-hybridized carbons (Fsp3) is 0.786.